The van der Waals surface area contributed by atoms with E-state index in [1.807, 2.05) is 0 Å². The topological polar surface area (TPSA) is 57.5 Å². The van der Waals surface area contributed by atoms with Crippen LogP contribution in [0.4, 0.5) is 0 Å². The van der Waals surface area contributed by atoms with E-state index in [0.717, 1.165) is 31.6 Å². The molecular weight excluding hydrogens is 204 g/mol. The van der Waals surface area contributed by atoms with Crippen LogP contribution in [-0.4, -0.2) is 21.8 Å². The summed E-state index contributed by atoms with van der Waals surface area (Å²) in [5, 5.41) is 19.0. The molecule has 1 aliphatic carbocycles. The Morgan fingerprint density at radius 1 is 1.38 bits per heavy atom. The molecule has 0 aromatic heterocycles. The molecule has 0 bridgehead atoms. The van der Waals surface area contributed by atoms with Crippen LogP contribution in [0.15, 0.2) is 0 Å². The van der Waals surface area contributed by atoms with Crippen LogP contribution < -0.4 is 0 Å². The van der Waals surface area contributed by atoms with Crippen molar-refractivity contribution in [1.29, 1.82) is 0 Å². The summed E-state index contributed by atoms with van der Waals surface area (Å²) < 4.78 is 0. The van der Waals surface area contributed by atoms with E-state index in [0.29, 0.717) is 6.42 Å². The van der Waals surface area contributed by atoms with Gasteiger partial charge in [0, 0.05) is 6.42 Å². The fourth-order valence-corrected chi connectivity index (χ4v) is 2.75. The van der Waals surface area contributed by atoms with Gasteiger partial charge < -0.3 is 10.2 Å². The molecule has 3 nitrogen and oxygen atoms in total. The summed E-state index contributed by atoms with van der Waals surface area (Å²) in [7, 11) is 0. The quantitative estimate of drug-likeness (QED) is 0.711. The van der Waals surface area contributed by atoms with E-state index in [1.165, 1.54) is 19.3 Å². The smallest absolute Gasteiger partial charge is 0.303 e. The lowest BCUT2D eigenvalue weighted by Crippen LogP contribution is -2.28. The number of rotatable bonds is 5. The van der Waals surface area contributed by atoms with Gasteiger partial charge >= 0.3 is 5.97 Å². The van der Waals surface area contributed by atoms with Crippen molar-refractivity contribution in [3.8, 4) is 0 Å². The van der Waals surface area contributed by atoms with Crippen molar-refractivity contribution in [1.82, 2.24) is 0 Å². The molecule has 0 radical (unpaired) electrons. The lowest BCUT2D eigenvalue weighted by atomic mass is 9.88. The molecule has 94 valence electrons. The van der Waals surface area contributed by atoms with E-state index < -0.39 is 11.6 Å². The normalized spacial score (nSPS) is 31.0. The third kappa shape index (κ3) is 4.52. The zero-order chi connectivity index (χ0) is 12.0. The van der Waals surface area contributed by atoms with Gasteiger partial charge in [-0.15, -0.1) is 0 Å². The minimum absolute atomic E-state index is 0.0922. The Kier molecular flexibility index (Phi) is 5.26. The van der Waals surface area contributed by atoms with Gasteiger partial charge in [-0.3, -0.25) is 4.79 Å². The Hall–Kier alpha value is -0.570. The molecule has 0 aromatic rings. The van der Waals surface area contributed by atoms with Crippen molar-refractivity contribution in [2.45, 2.75) is 70.3 Å². The minimum atomic E-state index is -0.803. The average molecular weight is 228 g/mol. The van der Waals surface area contributed by atoms with Gasteiger partial charge in [0.25, 0.3) is 0 Å². The van der Waals surface area contributed by atoms with E-state index in [4.69, 9.17) is 5.11 Å². The first-order chi connectivity index (χ1) is 7.56. The average Bonchev–Trinajstić information content (AvgIpc) is 2.40. The fourth-order valence-electron chi connectivity index (χ4n) is 2.75. The number of hydrogen-bond acceptors (Lipinski definition) is 2. The second-order valence-corrected chi connectivity index (χ2v) is 5.20. The summed E-state index contributed by atoms with van der Waals surface area (Å²) in [4.78, 5) is 10.5. The molecule has 0 amide bonds. The zero-order valence-electron chi connectivity index (χ0n) is 10.2. The maximum Gasteiger partial charge on any atom is 0.303 e. The van der Waals surface area contributed by atoms with Crippen molar-refractivity contribution in [3.05, 3.63) is 0 Å². The molecule has 2 unspecified atom stereocenters. The molecule has 16 heavy (non-hydrogen) atoms. The highest BCUT2D eigenvalue weighted by Crippen LogP contribution is 2.35. The number of carbonyl (C=O) groups is 1. The lowest BCUT2D eigenvalue weighted by Gasteiger charge is -2.26. The molecule has 0 aromatic carbocycles. The second-order valence-electron chi connectivity index (χ2n) is 5.20. The highest BCUT2D eigenvalue weighted by Gasteiger charge is 2.30. The van der Waals surface area contributed by atoms with Gasteiger partial charge in [-0.05, 0) is 31.6 Å². The van der Waals surface area contributed by atoms with Crippen molar-refractivity contribution < 1.29 is 15.0 Å². The summed E-state index contributed by atoms with van der Waals surface area (Å²) in [5.41, 5.74) is -0.707. The van der Waals surface area contributed by atoms with Gasteiger partial charge in [-0.1, -0.05) is 32.6 Å². The Morgan fingerprint density at radius 2 is 2.12 bits per heavy atom. The van der Waals surface area contributed by atoms with E-state index >= 15 is 0 Å². The minimum Gasteiger partial charge on any atom is -0.481 e. The lowest BCUT2D eigenvalue weighted by molar-refractivity contribution is -0.138. The predicted molar refractivity (Wildman–Crippen MR) is 63.3 cm³/mol. The predicted octanol–water partition coefficient (Wildman–Crippen LogP) is 2.96. The molecule has 2 N–H and O–H groups in total. The van der Waals surface area contributed by atoms with E-state index in [9.17, 15) is 9.90 Å². The number of carboxylic acids is 1. The highest BCUT2D eigenvalue weighted by molar-refractivity contribution is 5.66. The Labute approximate surface area is 97.9 Å². The maximum atomic E-state index is 10.5. The maximum absolute atomic E-state index is 10.5. The number of hydrogen-bond donors (Lipinski definition) is 2. The van der Waals surface area contributed by atoms with E-state index in [-0.39, 0.29) is 6.42 Å². The molecule has 0 spiro atoms. The molecule has 0 aliphatic heterocycles. The summed E-state index contributed by atoms with van der Waals surface area (Å²) in [6, 6.07) is 0. The van der Waals surface area contributed by atoms with Gasteiger partial charge in [0.2, 0.25) is 0 Å². The summed E-state index contributed by atoms with van der Waals surface area (Å²) in [6.45, 7) is 2.20. The third-order valence-corrected chi connectivity index (χ3v) is 3.77. The Bertz CT molecular complexity index is 227. The van der Waals surface area contributed by atoms with Crippen molar-refractivity contribution in [3.63, 3.8) is 0 Å². The molecule has 2 atom stereocenters. The molecule has 0 saturated heterocycles. The summed E-state index contributed by atoms with van der Waals surface area (Å²) >= 11 is 0. The van der Waals surface area contributed by atoms with Gasteiger partial charge in [-0.25, -0.2) is 0 Å². The first-order valence-electron chi connectivity index (χ1n) is 6.50. The van der Waals surface area contributed by atoms with E-state index in [2.05, 4.69) is 6.92 Å². The van der Waals surface area contributed by atoms with Crippen LogP contribution in [-0.2, 0) is 4.79 Å². The second kappa shape index (κ2) is 6.24. The standard InChI is InChI=1S/C13H24O3/c1-2-4-11-5-3-8-13(16,9-6-11)10-7-12(14)15/h11,16H,2-10H2,1H3,(H,14,15). The van der Waals surface area contributed by atoms with Gasteiger partial charge in [0.05, 0.1) is 5.60 Å². The van der Waals surface area contributed by atoms with Crippen molar-refractivity contribution in [2.24, 2.45) is 5.92 Å². The van der Waals surface area contributed by atoms with Crippen LogP contribution in [0.1, 0.15) is 64.7 Å². The van der Waals surface area contributed by atoms with E-state index in [1.54, 1.807) is 0 Å². The first-order valence-corrected chi connectivity index (χ1v) is 6.50. The molecule has 1 saturated carbocycles. The third-order valence-electron chi connectivity index (χ3n) is 3.77. The number of aliphatic hydroxyl groups is 1. The Morgan fingerprint density at radius 3 is 2.75 bits per heavy atom. The zero-order valence-corrected chi connectivity index (χ0v) is 10.2. The van der Waals surface area contributed by atoms with Crippen LogP contribution in [0.2, 0.25) is 0 Å². The van der Waals surface area contributed by atoms with Crippen molar-refractivity contribution >= 4 is 5.97 Å². The van der Waals surface area contributed by atoms with Crippen LogP contribution in [0, 0.1) is 5.92 Å². The monoisotopic (exact) mass is 228 g/mol. The number of aliphatic carboxylic acids is 1. The SMILES string of the molecule is CCCC1CCCC(O)(CCC(=O)O)CC1. The van der Waals surface area contributed by atoms with Crippen LogP contribution in [0.3, 0.4) is 0 Å². The van der Waals surface area contributed by atoms with Crippen LogP contribution in [0.5, 0.6) is 0 Å². The summed E-state index contributed by atoms with van der Waals surface area (Å²) in [5.74, 6) is -0.0633. The fraction of sp³-hybridized carbons (Fsp3) is 0.923. The molecule has 1 fully saturated rings. The molecule has 1 rings (SSSR count). The van der Waals surface area contributed by atoms with Gasteiger partial charge in [0.1, 0.15) is 0 Å². The molecule has 1 aliphatic rings. The Balaban J connectivity index is 2.40. The van der Waals surface area contributed by atoms with Crippen LogP contribution in [0.25, 0.3) is 0 Å². The number of carboxylic acid groups (broad SMARTS) is 1. The largest absolute Gasteiger partial charge is 0.481 e. The molecule has 0 heterocycles. The van der Waals surface area contributed by atoms with Gasteiger partial charge in [-0.2, -0.15) is 0 Å². The van der Waals surface area contributed by atoms with Crippen LogP contribution >= 0.6 is 0 Å². The van der Waals surface area contributed by atoms with Crippen molar-refractivity contribution in [2.75, 3.05) is 0 Å². The highest BCUT2D eigenvalue weighted by atomic mass is 16.4. The molecular formula is C13H24O3. The first kappa shape index (κ1) is 13.5. The summed E-state index contributed by atoms with van der Waals surface area (Å²) in [6.07, 6.45) is 7.82. The molecule has 3 heteroatoms. The van der Waals surface area contributed by atoms with Gasteiger partial charge in [0.15, 0.2) is 0 Å².